The molecule has 166 valence electrons. The molecule has 1 aliphatic carbocycles. The second-order valence-corrected chi connectivity index (χ2v) is 9.81. The summed E-state index contributed by atoms with van der Waals surface area (Å²) in [6, 6.07) is 14.4. The summed E-state index contributed by atoms with van der Waals surface area (Å²) >= 11 is 5.96. The number of benzene rings is 2. The van der Waals surface area contributed by atoms with Gasteiger partial charge in [-0.05, 0) is 60.4 Å². The SMILES string of the molecule is CC(C)(C)C1CCc2nc3ccccc3c(C(=O)OCC(=O)Nc3cccc(Cl)c3)c2C1. The monoisotopic (exact) mass is 450 g/mol. The van der Waals surface area contributed by atoms with Gasteiger partial charge in [0.25, 0.3) is 5.91 Å². The van der Waals surface area contributed by atoms with E-state index < -0.39 is 11.9 Å². The number of hydrogen-bond acceptors (Lipinski definition) is 4. The highest BCUT2D eigenvalue weighted by Crippen LogP contribution is 2.39. The van der Waals surface area contributed by atoms with Gasteiger partial charge in [0, 0.05) is 21.8 Å². The van der Waals surface area contributed by atoms with Gasteiger partial charge in [-0.1, -0.05) is 56.6 Å². The van der Waals surface area contributed by atoms with Crippen molar-refractivity contribution in [3.63, 3.8) is 0 Å². The fourth-order valence-electron chi connectivity index (χ4n) is 4.33. The Labute approximate surface area is 193 Å². The van der Waals surface area contributed by atoms with Gasteiger partial charge >= 0.3 is 5.97 Å². The molecular weight excluding hydrogens is 424 g/mol. The van der Waals surface area contributed by atoms with E-state index in [-0.39, 0.29) is 12.0 Å². The molecule has 1 aliphatic rings. The van der Waals surface area contributed by atoms with Crippen molar-refractivity contribution in [2.75, 3.05) is 11.9 Å². The maximum Gasteiger partial charge on any atom is 0.339 e. The molecule has 1 aromatic heterocycles. The molecule has 2 aromatic carbocycles. The minimum atomic E-state index is -0.490. The third-order valence-corrected chi connectivity index (χ3v) is 6.37. The predicted octanol–water partition coefficient (Wildman–Crippen LogP) is 5.83. The molecular formula is C26H27ClN2O3. The van der Waals surface area contributed by atoms with Crippen LogP contribution in [0.2, 0.25) is 5.02 Å². The maximum absolute atomic E-state index is 13.2. The first kappa shape index (κ1) is 22.3. The molecule has 0 fully saturated rings. The Morgan fingerprint density at radius 2 is 1.94 bits per heavy atom. The Morgan fingerprint density at radius 1 is 1.16 bits per heavy atom. The normalized spacial score (nSPS) is 15.8. The first-order valence-electron chi connectivity index (χ1n) is 10.9. The predicted molar refractivity (Wildman–Crippen MR) is 127 cm³/mol. The van der Waals surface area contributed by atoms with E-state index in [0.717, 1.165) is 41.4 Å². The van der Waals surface area contributed by atoms with Crippen LogP contribution in [-0.4, -0.2) is 23.5 Å². The van der Waals surface area contributed by atoms with Crippen LogP contribution in [0.3, 0.4) is 0 Å². The Morgan fingerprint density at radius 3 is 2.69 bits per heavy atom. The molecule has 1 unspecified atom stereocenters. The average Bonchev–Trinajstić information content (AvgIpc) is 2.74. The molecule has 3 aromatic rings. The number of halogens is 1. The standard InChI is InChI=1S/C26H27ClN2O3/c1-26(2,3)16-11-12-22-20(13-16)24(19-9-4-5-10-21(19)29-22)25(31)32-15-23(30)28-18-8-6-7-17(27)14-18/h4-10,14,16H,11-13,15H2,1-3H3,(H,28,30). The van der Waals surface area contributed by atoms with Gasteiger partial charge in [-0.15, -0.1) is 0 Å². The largest absolute Gasteiger partial charge is 0.452 e. The van der Waals surface area contributed by atoms with Crippen molar-refractivity contribution in [1.29, 1.82) is 0 Å². The van der Waals surface area contributed by atoms with Crippen molar-refractivity contribution >= 4 is 40.1 Å². The highest BCUT2D eigenvalue weighted by atomic mass is 35.5. The zero-order valence-corrected chi connectivity index (χ0v) is 19.3. The number of pyridine rings is 1. The van der Waals surface area contributed by atoms with Crippen molar-refractivity contribution in [1.82, 2.24) is 4.98 Å². The number of esters is 1. The molecule has 0 saturated carbocycles. The number of nitrogens with one attached hydrogen (secondary N) is 1. The summed E-state index contributed by atoms with van der Waals surface area (Å²) in [5.74, 6) is -0.466. The number of nitrogens with zero attached hydrogens (tertiary/aromatic N) is 1. The highest BCUT2D eigenvalue weighted by molar-refractivity contribution is 6.30. The van der Waals surface area contributed by atoms with Gasteiger partial charge in [0.05, 0.1) is 11.1 Å². The molecule has 1 N–H and O–H groups in total. The lowest BCUT2D eigenvalue weighted by atomic mass is 9.70. The summed E-state index contributed by atoms with van der Waals surface area (Å²) in [6.45, 7) is 6.32. The number of amides is 1. The van der Waals surface area contributed by atoms with E-state index in [2.05, 4.69) is 26.1 Å². The second-order valence-electron chi connectivity index (χ2n) is 9.37. The number of rotatable bonds is 4. The summed E-state index contributed by atoms with van der Waals surface area (Å²) < 4.78 is 5.48. The second kappa shape index (κ2) is 8.91. The smallest absolute Gasteiger partial charge is 0.339 e. The minimum absolute atomic E-state index is 0.126. The van der Waals surface area contributed by atoms with Crippen LogP contribution in [0, 0.1) is 11.3 Å². The molecule has 1 atom stereocenters. The van der Waals surface area contributed by atoms with Gasteiger partial charge in [-0.2, -0.15) is 0 Å². The van der Waals surface area contributed by atoms with Gasteiger partial charge in [0.2, 0.25) is 0 Å². The van der Waals surface area contributed by atoms with E-state index in [4.69, 9.17) is 21.3 Å². The van der Waals surface area contributed by atoms with E-state index in [1.807, 2.05) is 24.3 Å². The summed E-state index contributed by atoms with van der Waals surface area (Å²) in [4.78, 5) is 30.4. The number of para-hydroxylation sites is 1. The zero-order valence-electron chi connectivity index (χ0n) is 18.6. The van der Waals surface area contributed by atoms with Crippen LogP contribution in [0.25, 0.3) is 10.9 Å². The van der Waals surface area contributed by atoms with Gasteiger partial charge in [-0.25, -0.2) is 4.79 Å². The Balaban J connectivity index is 1.60. The van der Waals surface area contributed by atoms with Gasteiger partial charge in [0.15, 0.2) is 6.61 Å². The van der Waals surface area contributed by atoms with Crippen LogP contribution in [-0.2, 0) is 22.4 Å². The zero-order chi connectivity index (χ0) is 22.9. The molecule has 0 radical (unpaired) electrons. The topological polar surface area (TPSA) is 68.3 Å². The van der Waals surface area contributed by atoms with Crippen molar-refractivity contribution in [3.8, 4) is 0 Å². The van der Waals surface area contributed by atoms with Gasteiger partial charge < -0.3 is 10.1 Å². The van der Waals surface area contributed by atoms with E-state index >= 15 is 0 Å². The highest BCUT2D eigenvalue weighted by Gasteiger charge is 2.33. The first-order chi connectivity index (χ1) is 15.2. The van der Waals surface area contributed by atoms with Crippen molar-refractivity contribution in [2.24, 2.45) is 11.3 Å². The van der Waals surface area contributed by atoms with E-state index in [0.29, 0.717) is 22.2 Å². The molecule has 0 aliphatic heterocycles. The molecule has 4 rings (SSSR count). The molecule has 0 saturated heterocycles. The Kier molecular flexibility index (Phi) is 6.20. The van der Waals surface area contributed by atoms with Crippen molar-refractivity contribution in [3.05, 3.63) is 70.4 Å². The van der Waals surface area contributed by atoms with E-state index in [1.54, 1.807) is 24.3 Å². The molecule has 1 heterocycles. The summed E-state index contributed by atoms with van der Waals surface area (Å²) in [5.41, 5.74) is 3.90. The van der Waals surface area contributed by atoms with Crippen molar-refractivity contribution < 1.29 is 14.3 Å². The lowest BCUT2D eigenvalue weighted by molar-refractivity contribution is -0.119. The third-order valence-electron chi connectivity index (χ3n) is 6.13. The van der Waals surface area contributed by atoms with Gasteiger partial charge in [-0.3, -0.25) is 9.78 Å². The number of aromatic nitrogens is 1. The Bertz CT molecular complexity index is 1180. The number of carbonyl (C=O) groups is 2. The van der Waals surface area contributed by atoms with Crippen LogP contribution < -0.4 is 5.32 Å². The number of hydrogen-bond donors (Lipinski definition) is 1. The Hall–Kier alpha value is -2.92. The number of carbonyl (C=O) groups excluding carboxylic acids is 2. The summed E-state index contributed by atoms with van der Waals surface area (Å²) in [6.07, 6.45) is 2.64. The molecule has 6 heteroatoms. The summed E-state index contributed by atoms with van der Waals surface area (Å²) in [5, 5.41) is 3.98. The van der Waals surface area contributed by atoms with Crippen LogP contribution in [0.4, 0.5) is 5.69 Å². The van der Waals surface area contributed by atoms with Crippen LogP contribution in [0.5, 0.6) is 0 Å². The fourth-order valence-corrected chi connectivity index (χ4v) is 4.52. The molecule has 32 heavy (non-hydrogen) atoms. The molecule has 1 amide bonds. The van der Waals surface area contributed by atoms with Gasteiger partial charge in [0.1, 0.15) is 0 Å². The van der Waals surface area contributed by atoms with Crippen LogP contribution in [0.15, 0.2) is 48.5 Å². The fraction of sp³-hybridized carbons (Fsp3) is 0.346. The molecule has 0 spiro atoms. The quantitative estimate of drug-likeness (QED) is 0.507. The lowest BCUT2D eigenvalue weighted by Gasteiger charge is -2.35. The lowest BCUT2D eigenvalue weighted by Crippen LogP contribution is -2.29. The number of ether oxygens (including phenoxy) is 1. The van der Waals surface area contributed by atoms with Crippen molar-refractivity contribution in [2.45, 2.75) is 40.0 Å². The average molecular weight is 451 g/mol. The van der Waals surface area contributed by atoms with Crippen LogP contribution >= 0.6 is 11.6 Å². The number of anilines is 1. The van der Waals surface area contributed by atoms with E-state index in [9.17, 15) is 9.59 Å². The number of aryl methyl sites for hydroxylation is 1. The maximum atomic E-state index is 13.2. The first-order valence-corrected chi connectivity index (χ1v) is 11.2. The summed E-state index contributed by atoms with van der Waals surface area (Å²) in [7, 11) is 0. The molecule has 0 bridgehead atoms. The third kappa shape index (κ3) is 4.78. The van der Waals surface area contributed by atoms with E-state index in [1.165, 1.54) is 0 Å². The van der Waals surface area contributed by atoms with Crippen LogP contribution in [0.1, 0.15) is 48.8 Å². The minimum Gasteiger partial charge on any atom is -0.452 e. The molecule has 5 nitrogen and oxygen atoms in total. The number of fused-ring (bicyclic) bond motifs is 2.